The molecule has 0 saturated carbocycles. The van der Waals surface area contributed by atoms with Crippen LogP contribution in [0.25, 0.3) is 0 Å². The first-order valence-electron chi connectivity index (χ1n) is 8.32. The summed E-state index contributed by atoms with van der Waals surface area (Å²) < 4.78 is 5.61. The van der Waals surface area contributed by atoms with Crippen molar-refractivity contribution >= 4 is 5.91 Å². The van der Waals surface area contributed by atoms with Crippen LogP contribution >= 0.6 is 0 Å². The Morgan fingerprint density at radius 3 is 2.48 bits per heavy atom. The first-order valence-corrected chi connectivity index (χ1v) is 8.32. The maximum Gasteiger partial charge on any atom is 0.254 e. The Morgan fingerprint density at radius 2 is 1.96 bits per heavy atom. The summed E-state index contributed by atoms with van der Waals surface area (Å²) in [4.78, 5) is 14.7. The van der Waals surface area contributed by atoms with E-state index in [0.29, 0.717) is 19.4 Å². The largest absolute Gasteiger partial charge is 0.387 e. The average Bonchev–Trinajstić information content (AvgIpc) is 2.60. The molecule has 0 radical (unpaired) electrons. The Kier molecular flexibility index (Phi) is 6.16. The summed E-state index contributed by atoms with van der Waals surface area (Å²) >= 11 is 0. The highest BCUT2D eigenvalue weighted by Crippen LogP contribution is 2.26. The normalized spacial score (nSPS) is 18.4. The van der Waals surface area contributed by atoms with Gasteiger partial charge in [-0.25, -0.2) is 0 Å². The van der Waals surface area contributed by atoms with Crippen LogP contribution < -0.4 is 5.32 Å². The second-order valence-electron chi connectivity index (χ2n) is 6.22. The second kappa shape index (κ2) is 7.90. The molecule has 5 nitrogen and oxygen atoms in total. The first kappa shape index (κ1) is 17.9. The minimum Gasteiger partial charge on any atom is -0.387 e. The summed E-state index contributed by atoms with van der Waals surface area (Å²) in [5.41, 5.74) is 1.23. The number of methoxy groups -OCH3 is 1. The molecule has 1 amide bonds. The molecule has 1 aromatic carbocycles. The number of ether oxygens (including phenoxy) is 1. The van der Waals surface area contributed by atoms with Gasteiger partial charge in [-0.15, -0.1) is 0 Å². The van der Waals surface area contributed by atoms with E-state index in [9.17, 15) is 9.90 Å². The number of piperidine rings is 1. The Morgan fingerprint density at radius 1 is 1.35 bits per heavy atom. The van der Waals surface area contributed by atoms with Crippen LogP contribution in [0.4, 0.5) is 0 Å². The average molecular weight is 320 g/mol. The van der Waals surface area contributed by atoms with Gasteiger partial charge in [0.05, 0.1) is 12.6 Å². The van der Waals surface area contributed by atoms with Crippen molar-refractivity contribution in [3.05, 3.63) is 35.4 Å². The van der Waals surface area contributed by atoms with Crippen LogP contribution in [-0.2, 0) is 9.53 Å². The van der Waals surface area contributed by atoms with Crippen molar-refractivity contribution < 1.29 is 14.6 Å². The van der Waals surface area contributed by atoms with Crippen LogP contribution in [0.3, 0.4) is 0 Å². The molecule has 1 atom stereocenters. The molecular formula is C18H28N2O3. The zero-order valence-corrected chi connectivity index (χ0v) is 14.3. The monoisotopic (exact) mass is 320 g/mol. The summed E-state index contributed by atoms with van der Waals surface area (Å²) in [5.74, 6) is -0.0184. The predicted molar refractivity (Wildman–Crippen MR) is 90.2 cm³/mol. The van der Waals surface area contributed by atoms with Gasteiger partial charge < -0.3 is 20.1 Å². The third-order valence-electron chi connectivity index (χ3n) is 4.72. The smallest absolute Gasteiger partial charge is 0.254 e. The number of nitrogens with zero attached hydrogens (tertiary/aromatic N) is 1. The molecule has 0 aromatic heterocycles. The Balaban J connectivity index is 2.08. The van der Waals surface area contributed by atoms with E-state index in [4.69, 9.17) is 4.74 Å². The lowest BCUT2D eigenvalue weighted by Gasteiger charge is -2.39. The highest BCUT2D eigenvalue weighted by molar-refractivity contribution is 5.85. The summed E-state index contributed by atoms with van der Waals surface area (Å²) in [6.07, 6.45) is 0.647. The summed E-state index contributed by atoms with van der Waals surface area (Å²) in [6, 6.07) is 7.77. The zero-order chi connectivity index (χ0) is 16.9. The molecule has 0 aliphatic carbocycles. The van der Waals surface area contributed by atoms with Gasteiger partial charge in [-0.3, -0.25) is 4.79 Å². The van der Waals surface area contributed by atoms with Crippen molar-refractivity contribution in [1.82, 2.24) is 10.2 Å². The van der Waals surface area contributed by atoms with Gasteiger partial charge in [0.15, 0.2) is 0 Å². The van der Waals surface area contributed by atoms with E-state index in [1.165, 1.54) is 0 Å². The number of benzene rings is 1. The van der Waals surface area contributed by atoms with Gasteiger partial charge in [0, 0.05) is 13.7 Å². The van der Waals surface area contributed by atoms with Gasteiger partial charge in [0.2, 0.25) is 0 Å². The van der Waals surface area contributed by atoms with Crippen molar-refractivity contribution in [3.8, 4) is 0 Å². The van der Waals surface area contributed by atoms with Crippen LogP contribution in [0, 0.1) is 6.92 Å². The Labute approximate surface area is 138 Å². The number of hydrogen-bond donors (Lipinski definition) is 2. The van der Waals surface area contributed by atoms with E-state index in [1.807, 2.05) is 38.1 Å². The van der Waals surface area contributed by atoms with Gasteiger partial charge in [-0.1, -0.05) is 29.8 Å². The molecule has 1 unspecified atom stereocenters. The number of amides is 1. The van der Waals surface area contributed by atoms with Gasteiger partial charge in [-0.2, -0.15) is 0 Å². The fraction of sp³-hybridized carbons (Fsp3) is 0.611. The molecule has 1 aliphatic rings. The van der Waals surface area contributed by atoms with Crippen molar-refractivity contribution in [2.45, 2.75) is 38.4 Å². The maximum atomic E-state index is 13.0. The molecule has 23 heavy (non-hydrogen) atoms. The number of rotatable bonds is 6. The number of hydrogen-bond acceptors (Lipinski definition) is 4. The SMILES string of the molecule is CCN(CC(O)c1ccc(C)cc1)C(=O)C1(OC)CCNCC1. The van der Waals surface area contributed by atoms with E-state index < -0.39 is 11.7 Å². The second-order valence-corrected chi connectivity index (χ2v) is 6.22. The molecule has 1 aromatic rings. The number of aliphatic hydroxyl groups is 1. The van der Waals surface area contributed by atoms with Gasteiger partial charge in [0.25, 0.3) is 5.91 Å². The summed E-state index contributed by atoms with van der Waals surface area (Å²) in [5, 5.41) is 13.7. The van der Waals surface area contributed by atoms with E-state index in [2.05, 4.69) is 5.32 Å². The molecule has 0 bridgehead atoms. The standard InChI is InChI=1S/C18H28N2O3/c1-4-20(13-16(21)15-7-5-14(2)6-8-15)17(22)18(23-3)9-11-19-12-10-18/h5-8,16,19,21H,4,9-13H2,1-3H3. The van der Waals surface area contributed by atoms with E-state index >= 15 is 0 Å². The maximum absolute atomic E-state index is 13.0. The van der Waals surface area contributed by atoms with E-state index in [1.54, 1.807) is 12.0 Å². The van der Waals surface area contributed by atoms with Gasteiger partial charge in [0.1, 0.15) is 5.60 Å². The molecule has 1 heterocycles. The third-order valence-corrected chi connectivity index (χ3v) is 4.72. The quantitative estimate of drug-likeness (QED) is 0.836. The Bertz CT molecular complexity index is 510. The molecule has 1 saturated heterocycles. The van der Waals surface area contributed by atoms with Crippen molar-refractivity contribution in [1.29, 1.82) is 0 Å². The van der Waals surface area contributed by atoms with Crippen LogP contribution in [0.1, 0.15) is 37.0 Å². The number of carbonyl (C=O) groups excluding carboxylic acids is 1. The minimum atomic E-state index is -0.756. The fourth-order valence-corrected chi connectivity index (χ4v) is 3.08. The molecule has 5 heteroatoms. The van der Waals surface area contributed by atoms with Crippen molar-refractivity contribution in [2.24, 2.45) is 0 Å². The summed E-state index contributed by atoms with van der Waals surface area (Å²) in [6.45, 7) is 6.34. The topological polar surface area (TPSA) is 61.8 Å². The lowest BCUT2D eigenvalue weighted by Crippen LogP contribution is -2.55. The van der Waals surface area contributed by atoms with Gasteiger partial charge in [-0.05, 0) is 45.3 Å². The van der Waals surface area contributed by atoms with Crippen LogP contribution in [-0.4, -0.2) is 54.8 Å². The lowest BCUT2D eigenvalue weighted by molar-refractivity contribution is -0.159. The highest BCUT2D eigenvalue weighted by Gasteiger charge is 2.42. The molecule has 1 fully saturated rings. The molecule has 2 N–H and O–H groups in total. The Hall–Kier alpha value is -1.43. The van der Waals surface area contributed by atoms with Crippen molar-refractivity contribution in [2.75, 3.05) is 33.3 Å². The molecule has 128 valence electrons. The van der Waals surface area contributed by atoms with E-state index in [0.717, 1.165) is 24.2 Å². The van der Waals surface area contributed by atoms with Crippen LogP contribution in [0.5, 0.6) is 0 Å². The highest BCUT2D eigenvalue weighted by atomic mass is 16.5. The molecule has 1 aliphatic heterocycles. The van der Waals surface area contributed by atoms with Crippen molar-refractivity contribution in [3.63, 3.8) is 0 Å². The molecule has 0 spiro atoms. The first-order chi connectivity index (χ1) is 11.0. The lowest BCUT2D eigenvalue weighted by atomic mass is 9.90. The number of likely N-dealkylation sites (N-methyl/N-ethyl adjacent to an activating group) is 1. The van der Waals surface area contributed by atoms with E-state index in [-0.39, 0.29) is 12.5 Å². The number of carbonyl (C=O) groups is 1. The van der Waals surface area contributed by atoms with Crippen LogP contribution in [0.2, 0.25) is 0 Å². The summed E-state index contributed by atoms with van der Waals surface area (Å²) in [7, 11) is 1.60. The molecule has 2 rings (SSSR count). The minimum absolute atomic E-state index is 0.0184. The fourth-order valence-electron chi connectivity index (χ4n) is 3.08. The van der Waals surface area contributed by atoms with Crippen LogP contribution in [0.15, 0.2) is 24.3 Å². The number of aliphatic hydroxyl groups excluding tert-OH is 1. The number of nitrogens with one attached hydrogen (secondary N) is 1. The molecular weight excluding hydrogens is 292 g/mol. The predicted octanol–water partition coefficient (Wildman–Crippen LogP) is 1.65. The van der Waals surface area contributed by atoms with Gasteiger partial charge >= 0.3 is 0 Å². The third kappa shape index (κ3) is 4.10. The zero-order valence-electron chi connectivity index (χ0n) is 14.3. The number of aryl methyl sites for hydroxylation is 1.